The van der Waals surface area contributed by atoms with Crippen LogP contribution in [-0.4, -0.2) is 11.7 Å². The van der Waals surface area contributed by atoms with Gasteiger partial charge in [-0.15, -0.1) is 0 Å². The fourth-order valence-electron chi connectivity index (χ4n) is 4.27. The minimum Gasteiger partial charge on any atom is -0.294 e. The average Bonchev–Trinajstić information content (AvgIpc) is 2.61. The summed E-state index contributed by atoms with van der Waals surface area (Å²) in [6.45, 7) is 4.18. The van der Waals surface area contributed by atoms with E-state index >= 15 is 0 Å². The van der Waals surface area contributed by atoms with Crippen molar-refractivity contribution in [3.8, 4) is 0 Å². The smallest absolute Gasteiger partial charge is 0.232 e. The molecule has 1 heterocycles. The maximum absolute atomic E-state index is 13.2. The summed E-state index contributed by atoms with van der Waals surface area (Å²) in [5, 5.41) is 0.650. The van der Waals surface area contributed by atoms with E-state index in [1.54, 1.807) is 4.90 Å². The molecule has 2 aliphatic rings. The standard InChI is InChI=1S/C23H22ClNO2/c1-23(2)13-19-22(20(26)14-23)18(15-8-10-16(24)11-9-15)12-21(27)25(19)17-6-4-3-5-7-17/h3-11,18H,12-14H2,1-2H3. The Bertz CT molecular complexity index is 929. The Morgan fingerprint density at radius 1 is 0.963 bits per heavy atom. The molecule has 0 fully saturated rings. The lowest BCUT2D eigenvalue weighted by Gasteiger charge is -2.43. The zero-order valence-electron chi connectivity index (χ0n) is 15.5. The number of benzene rings is 2. The maximum Gasteiger partial charge on any atom is 0.232 e. The van der Waals surface area contributed by atoms with Crippen molar-refractivity contribution in [2.45, 2.75) is 39.0 Å². The fourth-order valence-corrected chi connectivity index (χ4v) is 4.40. The van der Waals surface area contributed by atoms with Crippen molar-refractivity contribution >= 4 is 29.0 Å². The molecule has 1 aliphatic carbocycles. The van der Waals surface area contributed by atoms with Gasteiger partial charge in [-0.3, -0.25) is 14.5 Å². The van der Waals surface area contributed by atoms with Gasteiger partial charge in [0.1, 0.15) is 0 Å². The highest BCUT2D eigenvalue weighted by Crippen LogP contribution is 2.48. The molecule has 0 saturated carbocycles. The first-order valence-corrected chi connectivity index (χ1v) is 9.63. The van der Waals surface area contributed by atoms with Crippen molar-refractivity contribution < 1.29 is 9.59 Å². The molecule has 1 atom stereocenters. The lowest BCUT2D eigenvalue weighted by molar-refractivity contribution is -0.121. The molecule has 0 spiro atoms. The van der Waals surface area contributed by atoms with E-state index < -0.39 is 0 Å². The molecule has 3 nitrogen and oxygen atoms in total. The van der Waals surface area contributed by atoms with Gasteiger partial charge in [0.25, 0.3) is 0 Å². The lowest BCUT2D eigenvalue weighted by atomic mass is 9.69. The molecule has 0 N–H and O–H groups in total. The van der Waals surface area contributed by atoms with Crippen LogP contribution in [0.2, 0.25) is 5.02 Å². The maximum atomic E-state index is 13.2. The Morgan fingerprint density at radius 2 is 1.63 bits per heavy atom. The molecule has 1 unspecified atom stereocenters. The van der Waals surface area contributed by atoms with Crippen molar-refractivity contribution in [2.75, 3.05) is 4.90 Å². The highest BCUT2D eigenvalue weighted by molar-refractivity contribution is 6.30. The van der Waals surface area contributed by atoms with E-state index in [0.717, 1.165) is 22.5 Å². The molecule has 27 heavy (non-hydrogen) atoms. The third kappa shape index (κ3) is 3.32. The van der Waals surface area contributed by atoms with Gasteiger partial charge in [-0.2, -0.15) is 0 Å². The molecule has 2 aromatic rings. The second-order valence-electron chi connectivity index (χ2n) is 8.17. The molecule has 138 valence electrons. The number of halogens is 1. The Balaban J connectivity index is 1.89. The van der Waals surface area contributed by atoms with Crippen LogP contribution in [0.25, 0.3) is 0 Å². The van der Waals surface area contributed by atoms with Crippen LogP contribution >= 0.6 is 11.6 Å². The molecule has 0 saturated heterocycles. The number of nitrogens with zero attached hydrogens (tertiary/aromatic N) is 1. The monoisotopic (exact) mass is 379 g/mol. The number of ketones is 1. The topological polar surface area (TPSA) is 37.4 Å². The minimum atomic E-state index is -0.201. The first kappa shape index (κ1) is 18.0. The Hall–Kier alpha value is -2.39. The number of allylic oxidation sites excluding steroid dienone is 2. The number of rotatable bonds is 2. The van der Waals surface area contributed by atoms with Crippen molar-refractivity contribution in [2.24, 2.45) is 5.41 Å². The third-order valence-corrected chi connectivity index (χ3v) is 5.68. The minimum absolute atomic E-state index is 0.0328. The van der Waals surface area contributed by atoms with Gasteiger partial charge in [0.15, 0.2) is 5.78 Å². The van der Waals surface area contributed by atoms with Gasteiger partial charge in [-0.05, 0) is 41.7 Å². The first-order chi connectivity index (χ1) is 12.9. The fraction of sp³-hybridized carbons (Fsp3) is 0.304. The molecule has 1 aliphatic heterocycles. The van der Waals surface area contributed by atoms with E-state index in [4.69, 9.17) is 11.6 Å². The molecule has 0 radical (unpaired) electrons. The van der Waals surface area contributed by atoms with Crippen molar-refractivity contribution in [1.82, 2.24) is 0 Å². The van der Waals surface area contributed by atoms with Crippen molar-refractivity contribution in [3.05, 3.63) is 76.5 Å². The Morgan fingerprint density at radius 3 is 2.30 bits per heavy atom. The van der Waals surface area contributed by atoms with Crippen LogP contribution in [0.5, 0.6) is 0 Å². The zero-order valence-corrected chi connectivity index (χ0v) is 16.3. The van der Waals surface area contributed by atoms with Crippen LogP contribution in [0.3, 0.4) is 0 Å². The highest BCUT2D eigenvalue weighted by Gasteiger charge is 2.44. The van der Waals surface area contributed by atoms with Gasteiger partial charge in [-0.25, -0.2) is 0 Å². The summed E-state index contributed by atoms with van der Waals surface area (Å²) in [5.41, 5.74) is 3.29. The van der Waals surface area contributed by atoms with E-state index in [2.05, 4.69) is 13.8 Å². The van der Waals surface area contributed by atoms with Crippen molar-refractivity contribution in [3.63, 3.8) is 0 Å². The van der Waals surface area contributed by atoms with Crippen LogP contribution in [0, 0.1) is 5.41 Å². The van der Waals surface area contributed by atoms with Crippen LogP contribution in [0.4, 0.5) is 5.69 Å². The number of amides is 1. The summed E-state index contributed by atoms with van der Waals surface area (Å²) >= 11 is 6.03. The number of Topliss-reactive ketones (excluding diaryl/α,β-unsaturated/α-hetero) is 1. The average molecular weight is 380 g/mol. The quantitative estimate of drug-likeness (QED) is 0.690. The number of hydrogen-bond acceptors (Lipinski definition) is 2. The predicted molar refractivity (Wildman–Crippen MR) is 108 cm³/mol. The summed E-state index contributed by atoms with van der Waals surface area (Å²) in [6, 6.07) is 17.1. The summed E-state index contributed by atoms with van der Waals surface area (Å²) in [4.78, 5) is 28.1. The second kappa shape index (κ2) is 6.65. The highest BCUT2D eigenvalue weighted by atomic mass is 35.5. The van der Waals surface area contributed by atoms with E-state index in [1.807, 2.05) is 54.6 Å². The largest absolute Gasteiger partial charge is 0.294 e. The van der Waals surface area contributed by atoms with Gasteiger partial charge in [0.2, 0.25) is 5.91 Å². The Labute approximate surface area is 164 Å². The van der Waals surface area contributed by atoms with E-state index in [9.17, 15) is 9.59 Å². The molecular weight excluding hydrogens is 358 g/mol. The number of anilines is 1. The molecule has 4 heteroatoms. The van der Waals surface area contributed by atoms with E-state index in [0.29, 0.717) is 24.3 Å². The van der Waals surface area contributed by atoms with Crippen LogP contribution in [-0.2, 0) is 9.59 Å². The lowest BCUT2D eigenvalue weighted by Crippen LogP contribution is -2.43. The molecule has 4 rings (SSSR count). The van der Waals surface area contributed by atoms with Crippen LogP contribution in [0.1, 0.15) is 44.6 Å². The number of carbonyl (C=O) groups is 2. The molecule has 2 aromatic carbocycles. The summed E-state index contributed by atoms with van der Waals surface area (Å²) in [7, 11) is 0. The SMILES string of the molecule is CC1(C)CC(=O)C2=C(C1)N(c1ccccc1)C(=O)CC2c1ccc(Cl)cc1. The second-order valence-corrected chi connectivity index (χ2v) is 8.61. The molecule has 0 bridgehead atoms. The van der Waals surface area contributed by atoms with Gasteiger partial charge < -0.3 is 0 Å². The molecular formula is C23H22ClNO2. The molecule has 1 amide bonds. The van der Waals surface area contributed by atoms with Gasteiger partial charge in [0, 0.05) is 40.7 Å². The number of hydrogen-bond donors (Lipinski definition) is 0. The van der Waals surface area contributed by atoms with Crippen LogP contribution < -0.4 is 4.90 Å². The van der Waals surface area contributed by atoms with Gasteiger partial charge >= 0.3 is 0 Å². The summed E-state index contributed by atoms with van der Waals surface area (Å²) < 4.78 is 0. The van der Waals surface area contributed by atoms with Gasteiger partial charge in [0.05, 0.1) is 0 Å². The van der Waals surface area contributed by atoms with Crippen molar-refractivity contribution in [1.29, 1.82) is 0 Å². The third-order valence-electron chi connectivity index (χ3n) is 5.43. The first-order valence-electron chi connectivity index (χ1n) is 9.25. The Kier molecular flexibility index (Phi) is 4.43. The number of para-hydroxylation sites is 1. The summed E-state index contributed by atoms with van der Waals surface area (Å²) in [5.74, 6) is -0.0200. The summed E-state index contributed by atoms with van der Waals surface area (Å²) in [6.07, 6.45) is 1.51. The zero-order chi connectivity index (χ0) is 19.2. The normalized spacial score (nSPS) is 22.0. The van der Waals surface area contributed by atoms with Gasteiger partial charge in [-0.1, -0.05) is 55.8 Å². The predicted octanol–water partition coefficient (Wildman–Crippen LogP) is 5.50. The van der Waals surface area contributed by atoms with E-state index in [-0.39, 0.29) is 23.0 Å². The van der Waals surface area contributed by atoms with Crippen LogP contribution in [0.15, 0.2) is 65.9 Å². The van der Waals surface area contributed by atoms with E-state index in [1.165, 1.54) is 0 Å². The number of carbonyl (C=O) groups excluding carboxylic acids is 2. The molecule has 0 aromatic heterocycles.